The van der Waals surface area contributed by atoms with Gasteiger partial charge in [0.25, 0.3) is 0 Å². The lowest BCUT2D eigenvalue weighted by Gasteiger charge is -2.47. The molecule has 146 valence electrons. The fourth-order valence-electron chi connectivity index (χ4n) is 3.81. The van der Waals surface area contributed by atoms with Gasteiger partial charge in [0.1, 0.15) is 5.60 Å². The highest BCUT2D eigenvalue weighted by Gasteiger charge is 2.44. The average molecular weight is 380 g/mol. The second kappa shape index (κ2) is 7.53. The molecule has 0 radical (unpaired) electrons. The van der Waals surface area contributed by atoms with E-state index in [1.807, 2.05) is 0 Å². The Morgan fingerprint density at radius 1 is 1.30 bits per heavy atom. The standard InChI is InChI=1S/C20H23F3N2O2/c1-2-11-25(18(26)20(21,22)23)17-5-3-15(4-6-17)7-10-19(27)14-24-12-8-16(19)9-13-24/h3-6,16,27H,2,8-9,11-14H2,1H3. The van der Waals surface area contributed by atoms with Crippen LogP contribution in [-0.2, 0) is 4.79 Å². The van der Waals surface area contributed by atoms with E-state index in [9.17, 15) is 23.1 Å². The summed E-state index contributed by atoms with van der Waals surface area (Å²) in [5, 5.41) is 10.8. The molecular weight excluding hydrogens is 357 g/mol. The van der Waals surface area contributed by atoms with Gasteiger partial charge in [0.15, 0.2) is 0 Å². The molecule has 0 spiro atoms. The zero-order valence-electron chi connectivity index (χ0n) is 15.2. The molecule has 3 aliphatic rings. The van der Waals surface area contributed by atoms with Gasteiger partial charge >= 0.3 is 12.1 Å². The van der Waals surface area contributed by atoms with Crippen LogP contribution in [0.1, 0.15) is 31.7 Å². The van der Waals surface area contributed by atoms with Gasteiger partial charge in [-0.2, -0.15) is 13.2 Å². The Morgan fingerprint density at radius 2 is 1.93 bits per heavy atom. The molecule has 3 heterocycles. The molecule has 3 aliphatic heterocycles. The molecule has 1 amide bonds. The normalized spacial score (nSPS) is 27.0. The van der Waals surface area contributed by atoms with Crippen LogP contribution in [-0.4, -0.2) is 53.9 Å². The SMILES string of the molecule is CCCN(C(=O)C(F)(F)F)c1ccc(C#CC2(O)CN3CCC2CC3)cc1. The Morgan fingerprint density at radius 3 is 2.41 bits per heavy atom. The van der Waals surface area contributed by atoms with Crippen molar-refractivity contribution < 1.29 is 23.1 Å². The molecule has 4 nitrogen and oxygen atoms in total. The summed E-state index contributed by atoms with van der Waals surface area (Å²) in [6.45, 7) is 4.21. The van der Waals surface area contributed by atoms with Crippen molar-refractivity contribution >= 4 is 11.6 Å². The molecule has 4 rings (SSSR count). The monoisotopic (exact) mass is 380 g/mol. The van der Waals surface area contributed by atoms with E-state index in [4.69, 9.17) is 0 Å². The quantitative estimate of drug-likeness (QED) is 0.821. The van der Waals surface area contributed by atoms with Gasteiger partial charge in [-0.05, 0) is 56.6 Å². The van der Waals surface area contributed by atoms with Crippen LogP contribution in [0.15, 0.2) is 24.3 Å². The molecule has 3 saturated heterocycles. The number of carbonyl (C=O) groups is 1. The Bertz CT molecular complexity index is 743. The van der Waals surface area contributed by atoms with Crippen LogP contribution in [0.3, 0.4) is 0 Å². The number of alkyl halides is 3. The third-order valence-electron chi connectivity index (χ3n) is 5.26. The number of nitrogens with zero attached hydrogens (tertiary/aromatic N) is 2. The predicted molar refractivity (Wildman–Crippen MR) is 96.1 cm³/mol. The van der Waals surface area contributed by atoms with E-state index in [1.165, 1.54) is 12.1 Å². The zero-order valence-corrected chi connectivity index (χ0v) is 15.2. The van der Waals surface area contributed by atoms with Crippen LogP contribution in [0.4, 0.5) is 18.9 Å². The van der Waals surface area contributed by atoms with E-state index < -0.39 is 17.7 Å². The number of fused-ring (bicyclic) bond motifs is 3. The maximum atomic E-state index is 12.8. The molecule has 0 aliphatic carbocycles. The highest BCUT2D eigenvalue weighted by Crippen LogP contribution is 2.35. The molecule has 1 unspecified atom stereocenters. The van der Waals surface area contributed by atoms with E-state index >= 15 is 0 Å². The summed E-state index contributed by atoms with van der Waals surface area (Å²) in [7, 11) is 0. The Hall–Kier alpha value is -2.04. The van der Waals surface area contributed by atoms with Crippen molar-refractivity contribution in [1.82, 2.24) is 4.90 Å². The van der Waals surface area contributed by atoms with Crippen LogP contribution < -0.4 is 4.90 Å². The first-order valence-corrected chi connectivity index (χ1v) is 9.19. The molecule has 2 bridgehead atoms. The van der Waals surface area contributed by atoms with Gasteiger partial charge in [0, 0.05) is 30.3 Å². The summed E-state index contributed by atoms with van der Waals surface area (Å²) in [5.74, 6) is 4.21. The second-order valence-electron chi connectivity index (χ2n) is 7.23. The van der Waals surface area contributed by atoms with E-state index in [-0.39, 0.29) is 18.2 Å². The van der Waals surface area contributed by atoms with Gasteiger partial charge in [0.05, 0.1) is 0 Å². The molecule has 1 aromatic carbocycles. The summed E-state index contributed by atoms with van der Waals surface area (Å²) in [6.07, 6.45) is -2.65. The maximum absolute atomic E-state index is 12.8. The van der Waals surface area contributed by atoms with Crippen LogP contribution in [0.2, 0.25) is 0 Å². The molecule has 1 aromatic rings. The van der Waals surface area contributed by atoms with Gasteiger partial charge in [0.2, 0.25) is 0 Å². The lowest BCUT2D eigenvalue weighted by atomic mass is 9.76. The van der Waals surface area contributed by atoms with Crippen molar-refractivity contribution in [3.63, 3.8) is 0 Å². The Kier molecular flexibility index (Phi) is 5.50. The fraction of sp³-hybridized carbons (Fsp3) is 0.550. The molecule has 0 saturated carbocycles. The van der Waals surface area contributed by atoms with E-state index in [1.54, 1.807) is 19.1 Å². The topological polar surface area (TPSA) is 43.8 Å². The summed E-state index contributed by atoms with van der Waals surface area (Å²) >= 11 is 0. The van der Waals surface area contributed by atoms with Crippen molar-refractivity contribution in [3.05, 3.63) is 29.8 Å². The third kappa shape index (κ3) is 4.28. The molecule has 27 heavy (non-hydrogen) atoms. The minimum Gasteiger partial charge on any atom is -0.376 e. The van der Waals surface area contributed by atoms with Crippen LogP contribution in [0.5, 0.6) is 0 Å². The summed E-state index contributed by atoms with van der Waals surface area (Å²) in [5.41, 5.74) is -0.249. The van der Waals surface area contributed by atoms with Gasteiger partial charge in [-0.1, -0.05) is 18.8 Å². The van der Waals surface area contributed by atoms with Gasteiger partial charge in [-0.15, -0.1) is 0 Å². The summed E-state index contributed by atoms with van der Waals surface area (Å²) in [6, 6.07) is 6.09. The first kappa shape index (κ1) is 19.7. The fourth-order valence-corrected chi connectivity index (χ4v) is 3.81. The number of anilines is 1. The number of hydrogen-bond acceptors (Lipinski definition) is 3. The first-order chi connectivity index (χ1) is 12.7. The second-order valence-corrected chi connectivity index (χ2v) is 7.23. The molecular formula is C20H23F3N2O2. The van der Waals surface area contributed by atoms with Crippen LogP contribution in [0.25, 0.3) is 0 Å². The van der Waals surface area contributed by atoms with Crippen molar-refractivity contribution in [2.45, 2.75) is 38.0 Å². The lowest BCUT2D eigenvalue weighted by Crippen LogP contribution is -2.58. The van der Waals surface area contributed by atoms with E-state index in [2.05, 4.69) is 16.7 Å². The minimum absolute atomic E-state index is 0.0133. The Labute approximate surface area is 157 Å². The first-order valence-electron chi connectivity index (χ1n) is 9.19. The van der Waals surface area contributed by atoms with Crippen molar-refractivity contribution in [3.8, 4) is 11.8 Å². The van der Waals surface area contributed by atoms with Crippen molar-refractivity contribution in [2.75, 3.05) is 31.1 Å². The maximum Gasteiger partial charge on any atom is 0.471 e. The highest BCUT2D eigenvalue weighted by molar-refractivity contribution is 5.97. The predicted octanol–water partition coefficient (Wildman–Crippen LogP) is 2.80. The molecule has 0 aromatic heterocycles. The van der Waals surface area contributed by atoms with Crippen molar-refractivity contribution in [1.29, 1.82) is 0 Å². The third-order valence-corrected chi connectivity index (χ3v) is 5.26. The van der Waals surface area contributed by atoms with Gasteiger partial charge in [-0.25, -0.2) is 0 Å². The number of aliphatic hydroxyl groups is 1. The van der Waals surface area contributed by atoms with Crippen LogP contribution >= 0.6 is 0 Å². The summed E-state index contributed by atoms with van der Waals surface area (Å²) < 4.78 is 38.4. The molecule has 1 atom stereocenters. The minimum atomic E-state index is -4.91. The number of amides is 1. The van der Waals surface area contributed by atoms with E-state index in [0.717, 1.165) is 30.8 Å². The molecule has 1 N–H and O–H groups in total. The Balaban J connectivity index is 1.76. The number of piperidine rings is 3. The number of hydrogen-bond donors (Lipinski definition) is 1. The number of carbonyl (C=O) groups excluding carboxylic acids is 1. The average Bonchev–Trinajstić information content (AvgIpc) is 2.64. The number of halogens is 3. The number of benzene rings is 1. The lowest BCUT2D eigenvalue weighted by molar-refractivity contribution is -0.170. The van der Waals surface area contributed by atoms with Gasteiger partial charge in [-0.3, -0.25) is 9.69 Å². The largest absolute Gasteiger partial charge is 0.471 e. The summed E-state index contributed by atoms with van der Waals surface area (Å²) in [4.78, 5) is 14.6. The molecule has 3 fully saturated rings. The van der Waals surface area contributed by atoms with Crippen LogP contribution in [0, 0.1) is 17.8 Å². The zero-order chi connectivity index (χ0) is 19.7. The number of rotatable bonds is 3. The van der Waals surface area contributed by atoms with Crippen molar-refractivity contribution in [2.24, 2.45) is 5.92 Å². The highest BCUT2D eigenvalue weighted by atomic mass is 19.4. The van der Waals surface area contributed by atoms with Gasteiger partial charge < -0.3 is 10.0 Å². The molecule has 7 heteroatoms. The smallest absolute Gasteiger partial charge is 0.376 e. The van der Waals surface area contributed by atoms with E-state index in [0.29, 0.717) is 18.5 Å².